The van der Waals surface area contributed by atoms with Gasteiger partial charge in [-0.1, -0.05) is 30.3 Å². The van der Waals surface area contributed by atoms with Crippen LogP contribution in [0.15, 0.2) is 64.3 Å². The van der Waals surface area contributed by atoms with Gasteiger partial charge in [-0.25, -0.2) is 10.4 Å². The predicted octanol–water partition coefficient (Wildman–Crippen LogP) is 3.15. The van der Waals surface area contributed by atoms with Crippen molar-refractivity contribution in [3.05, 3.63) is 70.6 Å². The van der Waals surface area contributed by atoms with Crippen LogP contribution in [0.4, 0.5) is 11.8 Å². The van der Waals surface area contributed by atoms with E-state index in [2.05, 4.69) is 25.7 Å². The molecule has 9 heteroatoms. The first kappa shape index (κ1) is 16.0. The van der Waals surface area contributed by atoms with Gasteiger partial charge in [0.2, 0.25) is 0 Å². The molecule has 3 aromatic rings. The Morgan fingerprint density at radius 3 is 2.80 bits per heavy atom. The molecule has 0 aliphatic rings. The molecule has 0 radical (unpaired) electrons. The summed E-state index contributed by atoms with van der Waals surface area (Å²) in [7, 11) is 0. The van der Waals surface area contributed by atoms with Gasteiger partial charge in [-0.15, -0.1) is 5.10 Å². The molecule has 0 aliphatic heterocycles. The molecule has 0 atom stereocenters. The molecular weight excluding hydrogens is 324 g/mol. The Hall–Kier alpha value is -3.88. The Morgan fingerprint density at radius 2 is 2.04 bits per heavy atom. The first-order valence-electron chi connectivity index (χ1n) is 7.17. The highest BCUT2D eigenvalue weighted by molar-refractivity contribution is 5.78. The van der Waals surface area contributed by atoms with Crippen molar-refractivity contribution in [3.63, 3.8) is 0 Å². The second kappa shape index (κ2) is 7.59. The number of nitrogens with one attached hydrogen (secondary N) is 1. The molecule has 0 saturated carbocycles. The molecule has 0 amide bonds. The van der Waals surface area contributed by atoms with Gasteiger partial charge in [0.25, 0.3) is 5.95 Å². The lowest BCUT2D eigenvalue weighted by atomic mass is 10.2. The van der Waals surface area contributed by atoms with E-state index in [9.17, 15) is 10.1 Å². The fourth-order valence-electron chi connectivity index (χ4n) is 1.90. The highest BCUT2D eigenvalue weighted by atomic mass is 16.6. The van der Waals surface area contributed by atoms with E-state index >= 15 is 0 Å². The quantitative estimate of drug-likeness (QED) is 0.417. The Balaban J connectivity index is 1.60. The lowest BCUT2D eigenvalue weighted by Gasteiger charge is -2.01. The smallest absolute Gasteiger partial charge is 0.401 e. The van der Waals surface area contributed by atoms with E-state index in [1.165, 1.54) is 24.4 Å². The van der Waals surface area contributed by atoms with E-state index < -0.39 is 4.92 Å². The molecule has 0 saturated heterocycles. The highest BCUT2D eigenvalue weighted by Gasteiger charge is 2.09. The molecule has 25 heavy (non-hydrogen) atoms. The zero-order chi connectivity index (χ0) is 17.5. The summed E-state index contributed by atoms with van der Waals surface area (Å²) >= 11 is 0. The van der Waals surface area contributed by atoms with Crippen molar-refractivity contribution in [2.24, 2.45) is 5.10 Å². The van der Waals surface area contributed by atoms with Gasteiger partial charge in [-0.3, -0.25) is 10.1 Å². The third kappa shape index (κ3) is 4.32. The van der Waals surface area contributed by atoms with Crippen molar-refractivity contribution in [1.82, 2.24) is 15.2 Å². The van der Waals surface area contributed by atoms with Crippen molar-refractivity contribution in [2.75, 3.05) is 5.43 Å². The molecule has 0 bridgehead atoms. The molecule has 124 valence electrons. The minimum atomic E-state index is -0.600. The van der Waals surface area contributed by atoms with Crippen LogP contribution in [0.2, 0.25) is 0 Å². The maximum atomic E-state index is 10.5. The van der Waals surface area contributed by atoms with Gasteiger partial charge in [0, 0.05) is 11.8 Å². The normalized spacial score (nSPS) is 11.2. The second-order valence-electron chi connectivity index (χ2n) is 4.71. The molecule has 2 heterocycles. The van der Waals surface area contributed by atoms with Gasteiger partial charge < -0.3 is 4.42 Å². The van der Waals surface area contributed by atoms with Crippen molar-refractivity contribution >= 4 is 24.1 Å². The summed E-state index contributed by atoms with van der Waals surface area (Å²) in [5.74, 6) is 0.286. The Morgan fingerprint density at radius 1 is 1.20 bits per heavy atom. The fourth-order valence-corrected chi connectivity index (χ4v) is 1.90. The standard InChI is InChI=1S/C16H12N6O3/c23-22(24)15-9-8-13(25-15)7-4-10-17-20-16-19-14(11-18-21-16)12-5-2-1-3-6-12/h1-11H,(H,19,20,21)/b7-4+,17-10-. The third-order valence-corrected chi connectivity index (χ3v) is 3.01. The number of benzene rings is 1. The number of hydrogen-bond donors (Lipinski definition) is 1. The average Bonchev–Trinajstić information content (AvgIpc) is 3.12. The van der Waals surface area contributed by atoms with Gasteiger partial charge in [-0.05, 0) is 18.2 Å². The van der Waals surface area contributed by atoms with E-state index in [4.69, 9.17) is 4.42 Å². The highest BCUT2D eigenvalue weighted by Crippen LogP contribution is 2.17. The van der Waals surface area contributed by atoms with Crippen LogP contribution in [0, 0.1) is 10.1 Å². The van der Waals surface area contributed by atoms with Crippen molar-refractivity contribution in [3.8, 4) is 11.3 Å². The number of hydrogen-bond acceptors (Lipinski definition) is 8. The molecule has 0 spiro atoms. The van der Waals surface area contributed by atoms with Crippen LogP contribution >= 0.6 is 0 Å². The van der Waals surface area contributed by atoms with Gasteiger partial charge in [0.1, 0.15) is 10.7 Å². The van der Waals surface area contributed by atoms with Gasteiger partial charge in [0.15, 0.2) is 0 Å². The maximum absolute atomic E-state index is 10.5. The Labute approximate surface area is 141 Å². The summed E-state index contributed by atoms with van der Waals surface area (Å²) in [4.78, 5) is 14.2. The molecule has 9 nitrogen and oxygen atoms in total. The van der Waals surface area contributed by atoms with Crippen LogP contribution in [-0.4, -0.2) is 26.3 Å². The van der Waals surface area contributed by atoms with Crippen LogP contribution in [-0.2, 0) is 0 Å². The van der Waals surface area contributed by atoms with Crippen molar-refractivity contribution in [2.45, 2.75) is 0 Å². The van der Waals surface area contributed by atoms with Crippen molar-refractivity contribution in [1.29, 1.82) is 0 Å². The first-order valence-corrected chi connectivity index (χ1v) is 7.17. The SMILES string of the molecule is O=[N+]([O-])c1ccc(/C=C/C=N\Nc2nncc(-c3ccccc3)n2)o1. The fraction of sp³-hybridized carbons (Fsp3) is 0. The number of nitro groups is 1. The molecule has 0 unspecified atom stereocenters. The summed E-state index contributed by atoms with van der Waals surface area (Å²) < 4.78 is 4.97. The van der Waals surface area contributed by atoms with E-state index in [-0.39, 0.29) is 11.8 Å². The summed E-state index contributed by atoms with van der Waals surface area (Å²) in [6.45, 7) is 0. The second-order valence-corrected chi connectivity index (χ2v) is 4.71. The van der Waals surface area contributed by atoms with Gasteiger partial charge >= 0.3 is 5.88 Å². The molecule has 0 aliphatic carbocycles. The van der Waals surface area contributed by atoms with E-state index in [1.54, 1.807) is 12.3 Å². The molecule has 1 aromatic carbocycles. The molecule has 1 N–H and O–H groups in total. The van der Waals surface area contributed by atoms with E-state index in [0.717, 1.165) is 5.56 Å². The minimum Gasteiger partial charge on any atom is -0.401 e. The number of hydrazone groups is 1. The largest absolute Gasteiger partial charge is 0.433 e. The topological polar surface area (TPSA) is 119 Å². The zero-order valence-electron chi connectivity index (χ0n) is 12.8. The number of furan rings is 1. The Kier molecular flexibility index (Phi) is 4.86. The molecule has 3 rings (SSSR count). The van der Waals surface area contributed by atoms with Crippen LogP contribution in [0.1, 0.15) is 5.76 Å². The predicted molar refractivity (Wildman–Crippen MR) is 91.8 cm³/mol. The zero-order valence-corrected chi connectivity index (χ0v) is 12.8. The monoisotopic (exact) mass is 336 g/mol. The number of allylic oxidation sites excluding steroid dienone is 1. The number of nitrogens with zero attached hydrogens (tertiary/aromatic N) is 5. The number of aromatic nitrogens is 3. The summed E-state index contributed by atoms with van der Waals surface area (Å²) in [5.41, 5.74) is 4.25. The number of rotatable bonds is 6. The van der Waals surface area contributed by atoms with Crippen molar-refractivity contribution < 1.29 is 9.34 Å². The molecule has 0 fully saturated rings. The van der Waals surface area contributed by atoms with Gasteiger partial charge in [0.05, 0.1) is 18.0 Å². The summed E-state index contributed by atoms with van der Waals surface area (Å²) in [6.07, 6.45) is 6.10. The van der Waals surface area contributed by atoms with Crippen LogP contribution in [0.3, 0.4) is 0 Å². The summed E-state index contributed by atoms with van der Waals surface area (Å²) in [6, 6.07) is 12.3. The van der Waals surface area contributed by atoms with Crippen LogP contribution in [0.5, 0.6) is 0 Å². The molecular formula is C16H12N6O3. The van der Waals surface area contributed by atoms with Crippen LogP contribution in [0.25, 0.3) is 17.3 Å². The first-order chi connectivity index (χ1) is 12.2. The molecule has 2 aromatic heterocycles. The van der Waals surface area contributed by atoms with Gasteiger partial charge in [-0.2, -0.15) is 10.2 Å². The van der Waals surface area contributed by atoms with Crippen LogP contribution < -0.4 is 5.43 Å². The maximum Gasteiger partial charge on any atom is 0.433 e. The Bertz CT molecular complexity index is 920. The minimum absolute atomic E-state index is 0.250. The lowest BCUT2D eigenvalue weighted by Crippen LogP contribution is -1.99. The summed E-state index contributed by atoms with van der Waals surface area (Å²) in [5, 5.41) is 22.2. The third-order valence-electron chi connectivity index (χ3n) is 3.01. The lowest BCUT2D eigenvalue weighted by molar-refractivity contribution is -0.402. The number of anilines is 1. The average molecular weight is 336 g/mol. The van der Waals surface area contributed by atoms with E-state index in [1.807, 2.05) is 30.3 Å². The van der Waals surface area contributed by atoms with E-state index in [0.29, 0.717) is 11.5 Å².